The van der Waals surface area contributed by atoms with Crippen LogP contribution >= 0.6 is 0 Å². The number of likely N-dealkylation sites (tertiary alicyclic amines) is 1. The Morgan fingerprint density at radius 1 is 1.14 bits per heavy atom. The first-order chi connectivity index (χ1) is 10.2. The number of piperidine rings is 1. The molecule has 3 fully saturated rings. The zero-order valence-corrected chi connectivity index (χ0v) is 13.4. The van der Waals surface area contributed by atoms with Crippen molar-refractivity contribution >= 4 is 5.97 Å². The number of carbonyl (C=O) groups is 1. The molecule has 0 amide bonds. The molecule has 2 unspecified atom stereocenters. The molecule has 0 bridgehead atoms. The van der Waals surface area contributed by atoms with Crippen molar-refractivity contribution in [1.29, 1.82) is 0 Å². The lowest BCUT2D eigenvalue weighted by atomic mass is 9.84. The molecule has 4 heteroatoms. The molecule has 0 aromatic rings. The Hall–Kier alpha value is -0.610. The summed E-state index contributed by atoms with van der Waals surface area (Å²) in [5.41, 5.74) is 0. The Kier molecular flexibility index (Phi) is 5.17. The molecule has 0 spiro atoms. The van der Waals surface area contributed by atoms with Gasteiger partial charge >= 0.3 is 5.97 Å². The molecule has 1 N–H and O–H groups in total. The number of rotatable bonds is 7. The molecule has 2 atom stereocenters. The average molecular weight is 294 g/mol. The summed E-state index contributed by atoms with van der Waals surface area (Å²) >= 11 is 0. The Bertz CT molecular complexity index is 353. The minimum absolute atomic E-state index is 0.0500. The van der Waals surface area contributed by atoms with Gasteiger partial charge in [0.25, 0.3) is 0 Å². The molecular formula is C17H30N2O2. The van der Waals surface area contributed by atoms with Crippen LogP contribution < -0.4 is 5.32 Å². The van der Waals surface area contributed by atoms with E-state index in [4.69, 9.17) is 4.74 Å². The average Bonchev–Trinajstić information content (AvgIpc) is 3.20. The summed E-state index contributed by atoms with van der Waals surface area (Å²) in [5.74, 6) is 2.24. The third kappa shape index (κ3) is 4.68. The molecule has 2 aliphatic carbocycles. The molecule has 3 aliphatic rings. The highest BCUT2D eigenvalue weighted by Gasteiger charge is 2.32. The molecule has 120 valence electrons. The van der Waals surface area contributed by atoms with E-state index in [1.807, 2.05) is 0 Å². The number of esters is 1. The number of ether oxygens (including phenoxy) is 1. The van der Waals surface area contributed by atoms with Gasteiger partial charge < -0.3 is 15.0 Å². The van der Waals surface area contributed by atoms with Crippen LogP contribution in [0.25, 0.3) is 0 Å². The van der Waals surface area contributed by atoms with Gasteiger partial charge in [0, 0.05) is 32.1 Å². The van der Waals surface area contributed by atoms with Crippen molar-refractivity contribution in [1.82, 2.24) is 10.2 Å². The zero-order valence-electron chi connectivity index (χ0n) is 13.4. The van der Waals surface area contributed by atoms with Crippen LogP contribution in [0.2, 0.25) is 0 Å². The van der Waals surface area contributed by atoms with Crippen molar-refractivity contribution in [3.8, 4) is 0 Å². The molecule has 1 heterocycles. The van der Waals surface area contributed by atoms with E-state index < -0.39 is 0 Å². The first-order valence-electron chi connectivity index (χ1n) is 8.75. The van der Waals surface area contributed by atoms with Gasteiger partial charge in [-0.1, -0.05) is 6.42 Å². The number of nitrogens with one attached hydrogen (secondary N) is 1. The molecule has 0 aromatic carbocycles. The van der Waals surface area contributed by atoms with Crippen molar-refractivity contribution in [2.45, 2.75) is 51.0 Å². The number of carbonyl (C=O) groups excluding carboxylic acids is 1. The van der Waals surface area contributed by atoms with Crippen molar-refractivity contribution in [3.63, 3.8) is 0 Å². The Labute approximate surface area is 128 Å². The fourth-order valence-corrected chi connectivity index (χ4v) is 3.76. The van der Waals surface area contributed by atoms with Crippen LogP contribution in [0.5, 0.6) is 0 Å². The third-order valence-electron chi connectivity index (χ3n) is 5.43. The van der Waals surface area contributed by atoms with Crippen LogP contribution in [-0.2, 0) is 9.53 Å². The Morgan fingerprint density at radius 3 is 2.57 bits per heavy atom. The highest BCUT2D eigenvalue weighted by molar-refractivity contribution is 5.69. The first kappa shape index (κ1) is 15.3. The summed E-state index contributed by atoms with van der Waals surface area (Å²) in [4.78, 5) is 14.2. The summed E-state index contributed by atoms with van der Waals surface area (Å²) < 4.78 is 4.86. The molecule has 1 aliphatic heterocycles. The molecule has 3 rings (SSSR count). The maximum atomic E-state index is 11.6. The maximum Gasteiger partial charge on any atom is 0.305 e. The molecule has 4 nitrogen and oxygen atoms in total. The van der Waals surface area contributed by atoms with Gasteiger partial charge in [0.05, 0.1) is 7.11 Å². The standard InChI is InChI=1S/C17H30N2O2/c1-21-17(20)8-15-7-16(18-9-13-3-2-4-13)12-19(11-15)10-14-5-6-14/h13-16,18H,2-12H2,1H3. The number of hydrogen-bond acceptors (Lipinski definition) is 4. The first-order valence-corrected chi connectivity index (χ1v) is 8.75. The highest BCUT2D eigenvalue weighted by atomic mass is 16.5. The zero-order chi connectivity index (χ0) is 14.7. The van der Waals surface area contributed by atoms with E-state index in [2.05, 4.69) is 10.2 Å². The van der Waals surface area contributed by atoms with Crippen molar-refractivity contribution in [2.75, 3.05) is 33.3 Å². The van der Waals surface area contributed by atoms with Crippen molar-refractivity contribution in [2.24, 2.45) is 17.8 Å². The lowest BCUT2D eigenvalue weighted by molar-refractivity contribution is -0.142. The number of nitrogens with zero attached hydrogens (tertiary/aromatic N) is 1. The fourth-order valence-electron chi connectivity index (χ4n) is 3.76. The summed E-state index contributed by atoms with van der Waals surface area (Å²) in [6.07, 6.45) is 8.73. The number of hydrogen-bond donors (Lipinski definition) is 1. The van der Waals surface area contributed by atoms with Crippen LogP contribution in [0.1, 0.15) is 44.9 Å². The summed E-state index contributed by atoms with van der Waals surface area (Å²) in [6.45, 7) is 4.65. The lowest BCUT2D eigenvalue weighted by Gasteiger charge is -2.39. The van der Waals surface area contributed by atoms with Gasteiger partial charge in [-0.3, -0.25) is 4.79 Å². The van der Waals surface area contributed by atoms with E-state index >= 15 is 0 Å². The van der Waals surface area contributed by atoms with Crippen LogP contribution in [0.4, 0.5) is 0 Å². The van der Waals surface area contributed by atoms with Crippen LogP contribution in [0, 0.1) is 17.8 Å². The molecule has 0 radical (unpaired) electrons. The van der Waals surface area contributed by atoms with E-state index in [-0.39, 0.29) is 5.97 Å². The topological polar surface area (TPSA) is 41.6 Å². The second-order valence-electron chi connectivity index (χ2n) is 7.45. The quantitative estimate of drug-likeness (QED) is 0.730. The van der Waals surface area contributed by atoms with E-state index in [0.29, 0.717) is 18.4 Å². The van der Waals surface area contributed by atoms with E-state index in [1.165, 1.54) is 58.8 Å². The van der Waals surface area contributed by atoms with Gasteiger partial charge in [-0.15, -0.1) is 0 Å². The van der Waals surface area contributed by atoms with Gasteiger partial charge in [0.1, 0.15) is 0 Å². The van der Waals surface area contributed by atoms with Crippen molar-refractivity contribution < 1.29 is 9.53 Å². The summed E-state index contributed by atoms with van der Waals surface area (Å²) in [6, 6.07) is 0.563. The predicted octanol–water partition coefficient (Wildman–Crippen LogP) is 2.04. The number of methoxy groups -OCH3 is 1. The largest absolute Gasteiger partial charge is 0.469 e. The van der Waals surface area contributed by atoms with Crippen LogP contribution in [-0.4, -0.2) is 50.2 Å². The van der Waals surface area contributed by atoms with Crippen LogP contribution in [0.3, 0.4) is 0 Å². The minimum Gasteiger partial charge on any atom is -0.469 e. The van der Waals surface area contributed by atoms with E-state index in [0.717, 1.165) is 24.8 Å². The van der Waals surface area contributed by atoms with Gasteiger partial charge in [-0.2, -0.15) is 0 Å². The third-order valence-corrected chi connectivity index (χ3v) is 5.43. The monoisotopic (exact) mass is 294 g/mol. The summed E-state index contributed by atoms with van der Waals surface area (Å²) in [7, 11) is 1.50. The predicted molar refractivity (Wildman–Crippen MR) is 83.0 cm³/mol. The Morgan fingerprint density at radius 2 is 1.95 bits per heavy atom. The second kappa shape index (κ2) is 7.10. The SMILES string of the molecule is COC(=O)CC1CC(NCC2CCC2)CN(CC2CC2)C1. The van der Waals surface area contributed by atoms with Gasteiger partial charge in [0.15, 0.2) is 0 Å². The smallest absolute Gasteiger partial charge is 0.305 e. The van der Waals surface area contributed by atoms with Crippen LogP contribution in [0.15, 0.2) is 0 Å². The molecular weight excluding hydrogens is 264 g/mol. The fraction of sp³-hybridized carbons (Fsp3) is 0.941. The molecule has 21 heavy (non-hydrogen) atoms. The normalized spacial score (nSPS) is 30.9. The van der Waals surface area contributed by atoms with E-state index in [1.54, 1.807) is 0 Å². The molecule has 2 saturated carbocycles. The Balaban J connectivity index is 1.49. The molecule has 0 aromatic heterocycles. The maximum absolute atomic E-state index is 11.6. The molecule has 1 saturated heterocycles. The summed E-state index contributed by atoms with van der Waals surface area (Å²) in [5, 5.41) is 3.77. The van der Waals surface area contributed by atoms with Gasteiger partial charge in [-0.25, -0.2) is 0 Å². The van der Waals surface area contributed by atoms with Gasteiger partial charge in [-0.05, 0) is 56.4 Å². The lowest BCUT2D eigenvalue weighted by Crippen LogP contribution is -2.51. The highest BCUT2D eigenvalue weighted by Crippen LogP contribution is 2.32. The second-order valence-corrected chi connectivity index (χ2v) is 7.45. The minimum atomic E-state index is -0.0500. The van der Waals surface area contributed by atoms with E-state index in [9.17, 15) is 4.79 Å². The van der Waals surface area contributed by atoms with Crippen molar-refractivity contribution in [3.05, 3.63) is 0 Å². The van der Waals surface area contributed by atoms with Gasteiger partial charge in [0.2, 0.25) is 0 Å².